The number of hydrogen-bond acceptors (Lipinski definition) is 4. The summed E-state index contributed by atoms with van der Waals surface area (Å²) in [6.45, 7) is 10.00. The lowest BCUT2D eigenvalue weighted by Crippen LogP contribution is -2.50. The van der Waals surface area contributed by atoms with E-state index in [9.17, 15) is 4.79 Å². The minimum absolute atomic E-state index is 0.0925. The molecule has 1 rings (SSSR count). The highest BCUT2D eigenvalue weighted by atomic mass is 32.2. The summed E-state index contributed by atoms with van der Waals surface area (Å²) in [4.78, 5) is 13.9. The van der Waals surface area contributed by atoms with Gasteiger partial charge in [-0.25, -0.2) is 4.79 Å². The van der Waals surface area contributed by atoms with E-state index in [-0.39, 0.29) is 12.1 Å². The van der Waals surface area contributed by atoms with Gasteiger partial charge in [-0.1, -0.05) is 0 Å². The summed E-state index contributed by atoms with van der Waals surface area (Å²) >= 11 is 1.71. The fourth-order valence-electron chi connectivity index (χ4n) is 1.88. The molecule has 17 heavy (non-hydrogen) atoms. The highest BCUT2D eigenvalue weighted by molar-refractivity contribution is 7.98. The lowest BCUT2D eigenvalue weighted by Gasteiger charge is -2.34. The molecule has 0 aliphatic carbocycles. The van der Waals surface area contributed by atoms with Gasteiger partial charge in [0.1, 0.15) is 11.3 Å². The minimum atomic E-state index is -0.581. The number of nitrogens with zero attached hydrogens (tertiary/aromatic N) is 1. The van der Waals surface area contributed by atoms with Crippen LogP contribution in [0.25, 0.3) is 0 Å². The van der Waals surface area contributed by atoms with Crippen LogP contribution >= 0.6 is 11.8 Å². The maximum Gasteiger partial charge on any atom is 0.412 e. The average Bonchev–Trinajstić information content (AvgIpc) is 2.39. The van der Waals surface area contributed by atoms with E-state index in [2.05, 4.69) is 0 Å². The summed E-state index contributed by atoms with van der Waals surface area (Å²) in [5.41, 5.74) is -1.05. The van der Waals surface area contributed by atoms with Crippen LogP contribution in [-0.4, -0.2) is 47.0 Å². The van der Waals surface area contributed by atoms with Gasteiger partial charge in [0.05, 0.1) is 12.6 Å². The van der Waals surface area contributed by atoms with Crippen LogP contribution in [0.3, 0.4) is 0 Å². The van der Waals surface area contributed by atoms with Gasteiger partial charge in [0.15, 0.2) is 0 Å². The summed E-state index contributed by atoms with van der Waals surface area (Å²) < 4.78 is 11.1. The third kappa shape index (κ3) is 3.78. The molecule has 4 nitrogen and oxygen atoms in total. The van der Waals surface area contributed by atoms with Crippen LogP contribution in [-0.2, 0) is 9.47 Å². The SMILES string of the molecule is CSC[C@H]1COC(C)(C)N1C(=O)OC(C)(C)C. The van der Waals surface area contributed by atoms with Crippen molar-refractivity contribution < 1.29 is 14.3 Å². The van der Waals surface area contributed by atoms with Gasteiger partial charge in [-0.05, 0) is 40.9 Å². The normalized spacial score (nSPS) is 23.9. The van der Waals surface area contributed by atoms with E-state index in [1.54, 1.807) is 16.7 Å². The lowest BCUT2D eigenvalue weighted by molar-refractivity contribution is -0.0617. The molecule has 1 fully saturated rings. The van der Waals surface area contributed by atoms with Crippen molar-refractivity contribution in [3.63, 3.8) is 0 Å². The van der Waals surface area contributed by atoms with Gasteiger partial charge in [-0.2, -0.15) is 11.8 Å². The van der Waals surface area contributed by atoms with Crippen LogP contribution in [0.15, 0.2) is 0 Å². The van der Waals surface area contributed by atoms with Gasteiger partial charge in [-0.15, -0.1) is 0 Å². The predicted octanol–water partition coefficient (Wildman–Crippen LogP) is 2.72. The molecular formula is C12H23NO3S. The zero-order chi connectivity index (χ0) is 13.3. The second kappa shape index (κ2) is 5.06. The predicted molar refractivity (Wildman–Crippen MR) is 70.3 cm³/mol. The quantitative estimate of drug-likeness (QED) is 0.766. The monoisotopic (exact) mass is 261 g/mol. The Labute approximate surface area is 108 Å². The van der Waals surface area contributed by atoms with E-state index in [0.717, 1.165) is 5.75 Å². The van der Waals surface area contributed by atoms with Gasteiger partial charge in [0.2, 0.25) is 0 Å². The molecule has 0 radical (unpaired) electrons. The Morgan fingerprint density at radius 3 is 2.59 bits per heavy atom. The first-order valence-corrected chi connectivity index (χ1v) is 7.22. The molecule has 1 aliphatic rings. The molecule has 1 aliphatic heterocycles. The van der Waals surface area contributed by atoms with Gasteiger partial charge in [0, 0.05) is 5.75 Å². The van der Waals surface area contributed by atoms with E-state index in [1.165, 1.54) is 0 Å². The van der Waals surface area contributed by atoms with Crippen molar-refractivity contribution in [3.8, 4) is 0 Å². The van der Waals surface area contributed by atoms with E-state index in [1.807, 2.05) is 40.9 Å². The molecule has 0 N–H and O–H groups in total. The number of hydrogen-bond donors (Lipinski definition) is 0. The van der Waals surface area contributed by atoms with Gasteiger partial charge in [0.25, 0.3) is 0 Å². The Kier molecular flexibility index (Phi) is 4.36. The topological polar surface area (TPSA) is 38.8 Å². The Bertz CT molecular complexity index is 286. The van der Waals surface area contributed by atoms with Crippen molar-refractivity contribution in [2.24, 2.45) is 0 Å². The average molecular weight is 261 g/mol. The summed E-state index contributed by atoms with van der Waals surface area (Å²) in [5.74, 6) is 0.864. The number of carbonyl (C=O) groups excluding carboxylic acids is 1. The van der Waals surface area contributed by atoms with Gasteiger partial charge >= 0.3 is 6.09 Å². The molecular weight excluding hydrogens is 238 g/mol. The standard InChI is InChI=1S/C12H23NO3S/c1-11(2,3)16-10(14)13-9(8-17-6)7-15-12(13,4)5/h9H,7-8H2,1-6H3/t9-/m1/s1. The zero-order valence-corrected chi connectivity index (χ0v) is 12.4. The third-order valence-electron chi connectivity index (χ3n) is 2.52. The molecule has 0 aromatic rings. The largest absolute Gasteiger partial charge is 0.444 e. The van der Waals surface area contributed by atoms with E-state index in [0.29, 0.717) is 6.61 Å². The minimum Gasteiger partial charge on any atom is -0.444 e. The third-order valence-corrected chi connectivity index (χ3v) is 3.24. The van der Waals surface area contributed by atoms with Crippen molar-refractivity contribution >= 4 is 17.9 Å². The maximum atomic E-state index is 12.2. The van der Waals surface area contributed by atoms with Gasteiger partial charge < -0.3 is 9.47 Å². The molecule has 100 valence electrons. The molecule has 0 saturated carbocycles. The molecule has 0 aromatic carbocycles. The molecule has 1 atom stereocenters. The molecule has 0 unspecified atom stereocenters. The van der Waals surface area contributed by atoms with Crippen molar-refractivity contribution in [1.29, 1.82) is 0 Å². The second-order valence-electron chi connectivity index (χ2n) is 5.72. The first kappa shape index (κ1) is 14.6. The molecule has 0 spiro atoms. The van der Waals surface area contributed by atoms with Crippen LogP contribution in [0.2, 0.25) is 0 Å². The Balaban J connectivity index is 2.79. The van der Waals surface area contributed by atoms with E-state index in [4.69, 9.17) is 9.47 Å². The van der Waals surface area contributed by atoms with Crippen molar-refractivity contribution in [1.82, 2.24) is 4.90 Å². The Hall–Kier alpha value is -0.420. The fourth-order valence-corrected chi connectivity index (χ4v) is 2.51. The molecule has 1 heterocycles. The lowest BCUT2D eigenvalue weighted by atomic mass is 10.2. The second-order valence-corrected chi connectivity index (χ2v) is 6.63. The maximum absolute atomic E-state index is 12.2. The van der Waals surface area contributed by atoms with Crippen molar-refractivity contribution in [2.45, 2.75) is 52.0 Å². The molecule has 1 amide bonds. The molecule has 5 heteroatoms. The fraction of sp³-hybridized carbons (Fsp3) is 0.917. The van der Waals surface area contributed by atoms with Crippen LogP contribution in [0.1, 0.15) is 34.6 Å². The Morgan fingerprint density at radius 2 is 2.12 bits per heavy atom. The highest BCUT2D eigenvalue weighted by Crippen LogP contribution is 2.30. The first-order valence-electron chi connectivity index (χ1n) is 5.82. The Morgan fingerprint density at radius 1 is 1.53 bits per heavy atom. The molecule has 0 aromatic heterocycles. The van der Waals surface area contributed by atoms with Crippen LogP contribution < -0.4 is 0 Å². The summed E-state index contributed by atoms with van der Waals surface area (Å²) in [7, 11) is 0. The number of amides is 1. The van der Waals surface area contributed by atoms with Crippen LogP contribution in [0, 0.1) is 0 Å². The highest BCUT2D eigenvalue weighted by Gasteiger charge is 2.45. The summed E-state index contributed by atoms with van der Waals surface area (Å²) in [6, 6.07) is 0.0925. The van der Waals surface area contributed by atoms with E-state index >= 15 is 0 Å². The molecule has 0 bridgehead atoms. The first-order chi connectivity index (χ1) is 7.67. The zero-order valence-electron chi connectivity index (χ0n) is 11.6. The van der Waals surface area contributed by atoms with E-state index < -0.39 is 11.3 Å². The van der Waals surface area contributed by atoms with Crippen molar-refractivity contribution in [2.75, 3.05) is 18.6 Å². The number of carbonyl (C=O) groups is 1. The smallest absolute Gasteiger partial charge is 0.412 e. The van der Waals surface area contributed by atoms with Crippen LogP contribution in [0.5, 0.6) is 0 Å². The summed E-state index contributed by atoms with van der Waals surface area (Å²) in [6.07, 6.45) is 1.73. The summed E-state index contributed by atoms with van der Waals surface area (Å²) in [5, 5.41) is 0. The van der Waals surface area contributed by atoms with Crippen LogP contribution in [0.4, 0.5) is 4.79 Å². The number of ether oxygens (including phenoxy) is 2. The van der Waals surface area contributed by atoms with Crippen molar-refractivity contribution in [3.05, 3.63) is 0 Å². The number of thioether (sulfide) groups is 1. The molecule has 1 saturated heterocycles. The van der Waals surface area contributed by atoms with Gasteiger partial charge in [-0.3, -0.25) is 4.90 Å². The number of rotatable bonds is 2.